The lowest BCUT2D eigenvalue weighted by Gasteiger charge is -2.07. The first-order valence-corrected chi connectivity index (χ1v) is 5.87. The predicted octanol–water partition coefficient (Wildman–Crippen LogP) is 2.94. The summed E-state index contributed by atoms with van der Waals surface area (Å²) in [7, 11) is 0. The molecule has 1 aromatic carbocycles. The molecule has 0 aromatic heterocycles. The number of nitrogens with one attached hydrogen (secondary N) is 1. The average molecular weight is 370 g/mol. The molecular weight excluding hydrogens is 361 g/mol. The van der Waals surface area contributed by atoms with E-state index in [2.05, 4.69) is 43.8 Å². The highest BCUT2D eigenvalue weighted by atomic mass is 127. The summed E-state index contributed by atoms with van der Waals surface area (Å²) in [4.78, 5) is 10.3. The van der Waals surface area contributed by atoms with Crippen LogP contribution in [0.4, 0.5) is 5.69 Å². The molecule has 14 heavy (non-hydrogen) atoms. The molecule has 5 heteroatoms. The molecule has 0 aliphatic rings. The summed E-state index contributed by atoms with van der Waals surface area (Å²) in [5, 5.41) is 11.5. The van der Waals surface area contributed by atoms with Crippen LogP contribution >= 0.6 is 38.5 Å². The first-order chi connectivity index (χ1) is 6.59. The van der Waals surface area contributed by atoms with Gasteiger partial charge in [0.2, 0.25) is 0 Å². The minimum atomic E-state index is -0.792. The standard InChI is InChI=1S/C9H9BrINO2/c10-7-2-1-6(11)5-8(7)12-4-3-9(13)14/h1-2,5,12H,3-4H2,(H,13,14). The maximum absolute atomic E-state index is 10.3. The number of anilines is 1. The summed E-state index contributed by atoms with van der Waals surface area (Å²) in [6.07, 6.45) is 0.123. The number of carboxylic acids is 1. The molecule has 0 saturated heterocycles. The summed E-state index contributed by atoms with van der Waals surface area (Å²) < 4.78 is 2.06. The summed E-state index contributed by atoms with van der Waals surface area (Å²) in [5.41, 5.74) is 0.929. The van der Waals surface area contributed by atoms with E-state index in [9.17, 15) is 4.79 Å². The zero-order valence-corrected chi connectivity index (χ0v) is 11.0. The van der Waals surface area contributed by atoms with Gasteiger partial charge in [-0.1, -0.05) is 0 Å². The predicted molar refractivity (Wildman–Crippen MR) is 67.6 cm³/mol. The Balaban J connectivity index is 2.57. The van der Waals surface area contributed by atoms with Gasteiger partial charge in [0.25, 0.3) is 0 Å². The Kier molecular flexibility index (Phi) is 4.67. The van der Waals surface area contributed by atoms with Gasteiger partial charge in [0, 0.05) is 20.3 Å². The molecule has 0 radical (unpaired) electrons. The fraction of sp³-hybridized carbons (Fsp3) is 0.222. The van der Waals surface area contributed by atoms with E-state index in [1.165, 1.54) is 0 Å². The maximum atomic E-state index is 10.3. The zero-order chi connectivity index (χ0) is 10.6. The van der Waals surface area contributed by atoms with Gasteiger partial charge >= 0.3 is 5.97 Å². The van der Waals surface area contributed by atoms with Crippen molar-refractivity contribution in [2.45, 2.75) is 6.42 Å². The molecule has 0 unspecified atom stereocenters. The minimum absolute atomic E-state index is 0.123. The number of hydrogen-bond donors (Lipinski definition) is 2. The molecule has 0 spiro atoms. The second-order valence-corrected chi connectivity index (χ2v) is 4.79. The molecule has 76 valence electrons. The van der Waals surface area contributed by atoms with Crippen LogP contribution in [0.2, 0.25) is 0 Å². The van der Waals surface area contributed by atoms with Crippen LogP contribution in [0.15, 0.2) is 22.7 Å². The van der Waals surface area contributed by atoms with E-state index in [1.54, 1.807) is 0 Å². The zero-order valence-electron chi connectivity index (χ0n) is 7.26. The van der Waals surface area contributed by atoms with E-state index in [0.29, 0.717) is 6.54 Å². The Bertz CT molecular complexity index is 344. The quantitative estimate of drug-likeness (QED) is 0.802. The molecule has 0 aliphatic heterocycles. The number of carboxylic acid groups (broad SMARTS) is 1. The fourth-order valence-electron chi connectivity index (χ4n) is 0.937. The Labute approximate surface area is 104 Å². The number of carbonyl (C=O) groups is 1. The molecule has 0 aliphatic carbocycles. The average Bonchev–Trinajstić information content (AvgIpc) is 2.10. The number of rotatable bonds is 4. The lowest BCUT2D eigenvalue weighted by atomic mass is 10.3. The van der Waals surface area contributed by atoms with Crippen LogP contribution in [0.25, 0.3) is 0 Å². The van der Waals surface area contributed by atoms with Crippen LogP contribution in [-0.2, 0) is 4.79 Å². The van der Waals surface area contributed by atoms with Gasteiger partial charge in [0.15, 0.2) is 0 Å². The number of halogens is 2. The van der Waals surface area contributed by atoms with E-state index in [0.717, 1.165) is 13.7 Å². The van der Waals surface area contributed by atoms with Gasteiger partial charge in [-0.15, -0.1) is 0 Å². The minimum Gasteiger partial charge on any atom is -0.481 e. The second-order valence-electron chi connectivity index (χ2n) is 2.69. The monoisotopic (exact) mass is 369 g/mol. The van der Waals surface area contributed by atoms with Gasteiger partial charge in [-0.2, -0.15) is 0 Å². The van der Waals surface area contributed by atoms with Gasteiger partial charge in [0.1, 0.15) is 0 Å². The van der Waals surface area contributed by atoms with Crippen LogP contribution in [-0.4, -0.2) is 17.6 Å². The Morgan fingerprint density at radius 1 is 1.57 bits per heavy atom. The molecule has 0 saturated carbocycles. The highest BCUT2D eigenvalue weighted by Gasteiger charge is 2.01. The molecule has 0 heterocycles. The van der Waals surface area contributed by atoms with Crippen molar-refractivity contribution in [1.29, 1.82) is 0 Å². The van der Waals surface area contributed by atoms with Gasteiger partial charge < -0.3 is 10.4 Å². The van der Waals surface area contributed by atoms with E-state index in [-0.39, 0.29) is 6.42 Å². The largest absolute Gasteiger partial charge is 0.481 e. The van der Waals surface area contributed by atoms with Crippen molar-refractivity contribution in [3.05, 3.63) is 26.2 Å². The molecule has 0 bridgehead atoms. The fourth-order valence-corrected chi connectivity index (χ4v) is 1.82. The van der Waals surface area contributed by atoms with Crippen molar-refractivity contribution in [3.63, 3.8) is 0 Å². The molecule has 0 fully saturated rings. The third-order valence-electron chi connectivity index (χ3n) is 1.58. The smallest absolute Gasteiger partial charge is 0.305 e. The van der Waals surface area contributed by atoms with Crippen LogP contribution in [0.3, 0.4) is 0 Å². The third kappa shape index (κ3) is 3.83. The lowest BCUT2D eigenvalue weighted by Crippen LogP contribution is -2.07. The van der Waals surface area contributed by atoms with Gasteiger partial charge in [-0.05, 0) is 56.7 Å². The topological polar surface area (TPSA) is 49.3 Å². The second kappa shape index (κ2) is 5.55. The van der Waals surface area contributed by atoms with E-state index < -0.39 is 5.97 Å². The van der Waals surface area contributed by atoms with Crippen molar-refractivity contribution in [2.75, 3.05) is 11.9 Å². The first kappa shape index (κ1) is 11.8. The number of hydrogen-bond acceptors (Lipinski definition) is 2. The summed E-state index contributed by atoms with van der Waals surface area (Å²) in [6.45, 7) is 0.439. The number of benzene rings is 1. The Hall–Kier alpha value is -0.300. The van der Waals surface area contributed by atoms with Crippen LogP contribution in [0.1, 0.15) is 6.42 Å². The van der Waals surface area contributed by atoms with Gasteiger partial charge in [-0.3, -0.25) is 4.79 Å². The maximum Gasteiger partial charge on any atom is 0.305 e. The number of aliphatic carboxylic acids is 1. The highest BCUT2D eigenvalue weighted by molar-refractivity contribution is 14.1. The van der Waals surface area contributed by atoms with Crippen LogP contribution in [0.5, 0.6) is 0 Å². The van der Waals surface area contributed by atoms with Crippen LogP contribution < -0.4 is 5.32 Å². The normalized spacial score (nSPS) is 9.86. The van der Waals surface area contributed by atoms with Crippen molar-refractivity contribution in [3.8, 4) is 0 Å². The molecule has 0 atom stereocenters. The first-order valence-electron chi connectivity index (χ1n) is 4.00. The van der Waals surface area contributed by atoms with E-state index >= 15 is 0 Å². The molecule has 1 aromatic rings. The van der Waals surface area contributed by atoms with E-state index in [4.69, 9.17) is 5.11 Å². The molecule has 2 N–H and O–H groups in total. The van der Waals surface area contributed by atoms with Crippen molar-refractivity contribution < 1.29 is 9.90 Å². The Morgan fingerprint density at radius 3 is 2.93 bits per heavy atom. The van der Waals surface area contributed by atoms with E-state index in [1.807, 2.05) is 18.2 Å². The van der Waals surface area contributed by atoms with Crippen molar-refractivity contribution >= 4 is 50.2 Å². The lowest BCUT2D eigenvalue weighted by molar-refractivity contribution is -0.136. The molecular formula is C9H9BrINO2. The Morgan fingerprint density at radius 2 is 2.29 bits per heavy atom. The SMILES string of the molecule is O=C(O)CCNc1cc(I)ccc1Br. The van der Waals surface area contributed by atoms with Crippen molar-refractivity contribution in [1.82, 2.24) is 0 Å². The highest BCUT2D eigenvalue weighted by Crippen LogP contribution is 2.24. The molecule has 3 nitrogen and oxygen atoms in total. The van der Waals surface area contributed by atoms with Gasteiger partial charge in [0.05, 0.1) is 6.42 Å². The van der Waals surface area contributed by atoms with Gasteiger partial charge in [-0.25, -0.2) is 0 Å². The third-order valence-corrected chi connectivity index (χ3v) is 2.95. The molecule has 1 rings (SSSR count). The summed E-state index contributed by atoms with van der Waals surface area (Å²) in [6, 6.07) is 5.88. The van der Waals surface area contributed by atoms with Crippen LogP contribution in [0, 0.1) is 3.57 Å². The van der Waals surface area contributed by atoms with Crippen molar-refractivity contribution in [2.24, 2.45) is 0 Å². The summed E-state index contributed by atoms with van der Waals surface area (Å²) >= 11 is 5.59. The summed E-state index contributed by atoms with van der Waals surface area (Å²) in [5.74, 6) is -0.792. The molecule has 0 amide bonds.